The fourth-order valence-corrected chi connectivity index (χ4v) is 3.50. The SMILES string of the molecule is CNc1ccc(C#N)cc1C(=O)O.COC(=O)Nc1ccc(-c2cc(O)c(C(=N)C=O)cc2OC)c(C(F)(F)F)c1. The van der Waals surface area contributed by atoms with Gasteiger partial charge in [-0.05, 0) is 48.0 Å². The molecular formula is C27H23F3N4O7. The number of amides is 1. The number of phenols is 1. The number of carbonyl (C=O) groups is 3. The summed E-state index contributed by atoms with van der Waals surface area (Å²) in [7, 11) is 3.90. The van der Waals surface area contributed by atoms with Gasteiger partial charge >= 0.3 is 18.2 Å². The number of carboxylic acids is 1. The van der Waals surface area contributed by atoms with Crippen LogP contribution in [0.2, 0.25) is 0 Å². The smallest absolute Gasteiger partial charge is 0.417 e. The minimum absolute atomic E-state index is 0.0847. The quantitative estimate of drug-likeness (QED) is 0.189. The summed E-state index contributed by atoms with van der Waals surface area (Å²) in [5.74, 6) is -1.68. The van der Waals surface area contributed by atoms with Crippen molar-refractivity contribution >= 4 is 35.4 Å². The Bertz CT molecular complexity index is 1530. The normalized spacial score (nSPS) is 10.3. The minimum Gasteiger partial charge on any atom is -0.507 e. The summed E-state index contributed by atoms with van der Waals surface area (Å²) < 4.78 is 50.3. The third-order valence-corrected chi connectivity index (χ3v) is 5.42. The molecule has 0 fully saturated rings. The summed E-state index contributed by atoms with van der Waals surface area (Å²) in [4.78, 5) is 32.7. The molecular weight excluding hydrogens is 549 g/mol. The van der Waals surface area contributed by atoms with E-state index in [1.54, 1.807) is 19.2 Å². The highest BCUT2D eigenvalue weighted by Crippen LogP contribution is 2.43. The van der Waals surface area contributed by atoms with Gasteiger partial charge in [0.05, 0.1) is 37.0 Å². The van der Waals surface area contributed by atoms with Crippen molar-refractivity contribution in [1.82, 2.24) is 0 Å². The van der Waals surface area contributed by atoms with Crippen molar-refractivity contribution in [3.05, 3.63) is 70.8 Å². The fourth-order valence-electron chi connectivity index (χ4n) is 3.50. The second-order valence-corrected chi connectivity index (χ2v) is 7.90. The molecule has 0 heterocycles. The molecule has 41 heavy (non-hydrogen) atoms. The lowest BCUT2D eigenvalue weighted by Gasteiger charge is -2.18. The number of nitriles is 1. The number of benzene rings is 3. The molecule has 0 saturated carbocycles. The summed E-state index contributed by atoms with van der Waals surface area (Å²) >= 11 is 0. The topological polar surface area (TPSA) is 182 Å². The molecule has 0 atom stereocenters. The number of carbonyl (C=O) groups excluding carboxylic acids is 2. The van der Waals surface area contributed by atoms with Gasteiger partial charge in [-0.15, -0.1) is 0 Å². The number of ether oxygens (including phenoxy) is 2. The number of phenolic OH excluding ortho intramolecular Hbond substituents is 1. The molecule has 14 heteroatoms. The lowest BCUT2D eigenvalue weighted by molar-refractivity contribution is -0.137. The molecule has 0 aliphatic carbocycles. The van der Waals surface area contributed by atoms with Crippen LogP contribution in [0.3, 0.4) is 0 Å². The Labute approximate surface area is 231 Å². The molecule has 214 valence electrons. The highest BCUT2D eigenvalue weighted by Gasteiger charge is 2.35. The number of aromatic hydroxyl groups is 1. The van der Waals surface area contributed by atoms with E-state index in [0.717, 1.165) is 25.3 Å². The number of halogens is 3. The van der Waals surface area contributed by atoms with Crippen LogP contribution in [0.5, 0.6) is 11.5 Å². The van der Waals surface area contributed by atoms with Crippen molar-refractivity contribution in [2.45, 2.75) is 6.18 Å². The average molecular weight is 572 g/mol. The van der Waals surface area contributed by atoms with Crippen LogP contribution in [0.25, 0.3) is 11.1 Å². The van der Waals surface area contributed by atoms with Crippen LogP contribution in [0.15, 0.2) is 48.5 Å². The van der Waals surface area contributed by atoms with E-state index in [0.29, 0.717) is 17.3 Å². The number of hydrogen-bond acceptors (Lipinski definition) is 9. The average Bonchev–Trinajstić information content (AvgIpc) is 2.95. The Morgan fingerprint density at radius 3 is 2.24 bits per heavy atom. The first-order chi connectivity index (χ1) is 19.3. The van der Waals surface area contributed by atoms with Crippen molar-refractivity contribution in [3.63, 3.8) is 0 Å². The number of nitrogens with zero attached hydrogens (tertiary/aromatic N) is 1. The van der Waals surface area contributed by atoms with Crippen LogP contribution in [-0.4, -0.2) is 55.5 Å². The molecule has 1 amide bonds. The Hall–Kier alpha value is -5.58. The van der Waals surface area contributed by atoms with Gasteiger partial charge in [-0.1, -0.05) is 6.07 Å². The summed E-state index contributed by atoms with van der Waals surface area (Å²) in [5, 5.41) is 39.8. The summed E-state index contributed by atoms with van der Waals surface area (Å²) in [6.45, 7) is 0. The van der Waals surface area contributed by atoms with E-state index in [4.69, 9.17) is 20.5 Å². The van der Waals surface area contributed by atoms with E-state index in [-0.39, 0.29) is 40.0 Å². The van der Waals surface area contributed by atoms with Gasteiger partial charge < -0.3 is 25.0 Å². The van der Waals surface area contributed by atoms with Crippen molar-refractivity contribution in [1.29, 1.82) is 10.7 Å². The van der Waals surface area contributed by atoms with Crippen molar-refractivity contribution < 1.29 is 47.2 Å². The van der Waals surface area contributed by atoms with Gasteiger partial charge in [-0.2, -0.15) is 18.4 Å². The number of aldehydes is 1. The van der Waals surface area contributed by atoms with Gasteiger partial charge in [0.25, 0.3) is 0 Å². The maximum absolute atomic E-state index is 13.6. The monoisotopic (exact) mass is 572 g/mol. The number of nitrogens with one attached hydrogen (secondary N) is 3. The standard InChI is InChI=1S/C18H15F3N2O5.C9H8N2O2/c1-27-16-7-12(14(22)8-24)15(25)6-11(16)10-4-3-9(23-17(26)28-2)5-13(10)18(19,20)21;1-11-8-3-2-6(5-10)4-7(8)9(12)13/h3-8,22,25H,1-2H3,(H,23,26);2-4,11H,1H3,(H,12,13). The van der Waals surface area contributed by atoms with Crippen molar-refractivity contribution in [2.24, 2.45) is 0 Å². The highest BCUT2D eigenvalue weighted by molar-refractivity contribution is 6.35. The van der Waals surface area contributed by atoms with E-state index in [9.17, 15) is 32.7 Å². The van der Waals surface area contributed by atoms with Gasteiger partial charge in [0.2, 0.25) is 0 Å². The van der Waals surface area contributed by atoms with Crippen LogP contribution in [0.4, 0.5) is 29.3 Å². The second kappa shape index (κ2) is 13.5. The predicted octanol–water partition coefficient (Wildman–Crippen LogP) is 5.13. The van der Waals surface area contributed by atoms with Crippen LogP contribution in [0.1, 0.15) is 27.0 Å². The number of alkyl halides is 3. The Morgan fingerprint density at radius 2 is 1.73 bits per heavy atom. The van der Waals surface area contributed by atoms with E-state index < -0.39 is 35.3 Å². The number of carboxylic acid groups (broad SMARTS) is 1. The van der Waals surface area contributed by atoms with E-state index in [1.807, 2.05) is 6.07 Å². The van der Waals surface area contributed by atoms with Crippen molar-refractivity contribution in [3.8, 4) is 28.7 Å². The number of anilines is 2. The summed E-state index contributed by atoms with van der Waals surface area (Å²) in [6, 6.07) is 11.5. The minimum atomic E-state index is -4.79. The van der Waals surface area contributed by atoms with Crippen LogP contribution >= 0.6 is 0 Å². The third-order valence-electron chi connectivity index (χ3n) is 5.42. The maximum Gasteiger partial charge on any atom is 0.417 e. The van der Waals surface area contributed by atoms with Crippen LogP contribution in [-0.2, 0) is 15.7 Å². The van der Waals surface area contributed by atoms with Gasteiger partial charge in [0.1, 0.15) is 17.2 Å². The molecule has 11 nitrogen and oxygen atoms in total. The first-order valence-electron chi connectivity index (χ1n) is 11.3. The van der Waals surface area contributed by atoms with Gasteiger partial charge in [-0.25, -0.2) is 9.59 Å². The first-order valence-corrected chi connectivity index (χ1v) is 11.3. The summed E-state index contributed by atoms with van der Waals surface area (Å²) in [5.41, 5.74) is -1.48. The second-order valence-electron chi connectivity index (χ2n) is 7.90. The number of rotatable bonds is 7. The molecule has 0 radical (unpaired) electrons. The fraction of sp³-hybridized carbons (Fsp3) is 0.148. The zero-order valence-corrected chi connectivity index (χ0v) is 21.7. The Balaban J connectivity index is 0.000000377. The lowest BCUT2D eigenvalue weighted by Crippen LogP contribution is -2.13. The maximum atomic E-state index is 13.6. The zero-order valence-electron chi connectivity index (χ0n) is 21.7. The molecule has 0 aromatic heterocycles. The zero-order chi connectivity index (χ0) is 30.9. The van der Waals surface area contributed by atoms with Gasteiger partial charge in [0.15, 0.2) is 6.29 Å². The molecule has 0 spiro atoms. The van der Waals surface area contributed by atoms with Crippen LogP contribution in [0, 0.1) is 16.7 Å². The Kier molecular flexibility index (Phi) is 10.4. The molecule has 3 rings (SSSR count). The summed E-state index contributed by atoms with van der Waals surface area (Å²) in [6.07, 6.45) is -5.55. The molecule has 5 N–H and O–H groups in total. The molecule has 0 aliphatic heterocycles. The molecule has 3 aromatic rings. The Morgan fingerprint density at radius 1 is 1.05 bits per heavy atom. The first kappa shape index (κ1) is 31.6. The predicted molar refractivity (Wildman–Crippen MR) is 142 cm³/mol. The molecule has 0 saturated heterocycles. The molecule has 0 unspecified atom stereocenters. The molecule has 0 bridgehead atoms. The van der Waals surface area contributed by atoms with Gasteiger partial charge in [0, 0.05) is 29.5 Å². The number of methoxy groups -OCH3 is 2. The number of hydrogen-bond donors (Lipinski definition) is 5. The van der Waals surface area contributed by atoms with Crippen LogP contribution < -0.4 is 15.4 Å². The highest BCUT2D eigenvalue weighted by atomic mass is 19.4. The largest absolute Gasteiger partial charge is 0.507 e. The van der Waals surface area contributed by atoms with Crippen molar-refractivity contribution in [2.75, 3.05) is 31.9 Å². The third kappa shape index (κ3) is 7.73. The van der Waals surface area contributed by atoms with E-state index >= 15 is 0 Å². The number of aromatic carboxylic acids is 1. The lowest BCUT2D eigenvalue weighted by atomic mass is 9.95. The molecule has 0 aliphatic rings. The van der Waals surface area contributed by atoms with E-state index in [1.165, 1.54) is 19.2 Å². The van der Waals surface area contributed by atoms with E-state index in [2.05, 4.69) is 15.4 Å². The molecule has 3 aromatic carbocycles. The van der Waals surface area contributed by atoms with Gasteiger partial charge in [-0.3, -0.25) is 15.5 Å².